The van der Waals surface area contributed by atoms with Gasteiger partial charge in [-0.3, -0.25) is 0 Å². The molecule has 0 unspecified atom stereocenters. The summed E-state index contributed by atoms with van der Waals surface area (Å²) < 4.78 is 0. The van der Waals surface area contributed by atoms with Crippen LogP contribution in [-0.4, -0.2) is 0 Å². The highest BCUT2D eigenvalue weighted by Crippen LogP contribution is 2.16. The molecule has 0 aliphatic carbocycles. The van der Waals surface area contributed by atoms with Crippen molar-refractivity contribution in [1.82, 2.24) is 0 Å². The van der Waals surface area contributed by atoms with E-state index in [0.29, 0.717) is 5.41 Å². The minimum atomic E-state index is 0.360. The first-order valence-corrected chi connectivity index (χ1v) is 5.43. The average Bonchev–Trinajstić information content (AvgIpc) is 2.06. The predicted octanol–water partition coefficient (Wildman–Crippen LogP) is 6.19. The summed E-state index contributed by atoms with van der Waals surface area (Å²) in [5, 5.41) is 0. The molecule has 0 spiro atoms. The van der Waals surface area contributed by atoms with Gasteiger partial charge in [0.2, 0.25) is 0 Å². The molecule has 0 heterocycles. The van der Waals surface area contributed by atoms with Gasteiger partial charge in [0.1, 0.15) is 0 Å². The van der Waals surface area contributed by atoms with Gasteiger partial charge < -0.3 is 0 Å². The molecule has 0 saturated heterocycles. The van der Waals surface area contributed by atoms with Gasteiger partial charge >= 0.3 is 0 Å². The molecule has 0 fully saturated rings. The van der Waals surface area contributed by atoms with Gasteiger partial charge in [-0.25, -0.2) is 0 Å². The minimum absolute atomic E-state index is 0.360. The molecular formula is C16H32. The summed E-state index contributed by atoms with van der Waals surface area (Å²) in [6.07, 6.45) is 2.27. The van der Waals surface area contributed by atoms with Crippen LogP contribution in [-0.2, 0) is 0 Å². The van der Waals surface area contributed by atoms with Gasteiger partial charge in [0.05, 0.1) is 0 Å². The number of rotatable bonds is 0. The van der Waals surface area contributed by atoms with Crippen LogP contribution >= 0.6 is 0 Å². The second-order valence-corrected chi connectivity index (χ2v) is 4.79. The Morgan fingerprint density at radius 3 is 1.00 bits per heavy atom. The third-order valence-electron chi connectivity index (χ3n) is 0.722. The normalized spacial score (nSPS) is 7.69. The first-order valence-electron chi connectivity index (χ1n) is 5.43. The number of hydrogen-bond acceptors (Lipinski definition) is 0. The summed E-state index contributed by atoms with van der Waals surface area (Å²) in [5.74, 6) is 0. The maximum atomic E-state index is 3.56. The summed E-state index contributed by atoms with van der Waals surface area (Å²) in [7, 11) is 0. The molecule has 0 aliphatic heterocycles. The zero-order chi connectivity index (χ0) is 14.4. The Hall–Kier alpha value is -1.04. The standard InChI is InChI=1S/C8H16.C4H8.2C2H4/c1-7(2)6-8(3,4)5;1-4(2)3;2*1-2/h6H,1-5H3;1H2,2-3H3;2*1-2H2. The smallest absolute Gasteiger partial charge is 0.0201 e. The minimum Gasteiger partial charge on any atom is -0.106 e. The fourth-order valence-electron chi connectivity index (χ4n) is 0.866. The van der Waals surface area contributed by atoms with Crippen molar-refractivity contribution in [3.05, 3.63) is 50.1 Å². The lowest BCUT2D eigenvalue weighted by Crippen LogP contribution is -1.99. The molecule has 0 amide bonds. The molecule has 0 atom stereocenters. The largest absolute Gasteiger partial charge is 0.106 e. The molecule has 0 aromatic carbocycles. The van der Waals surface area contributed by atoms with Crippen LogP contribution in [0.2, 0.25) is 0 Å². The van der Waals surface area contributed by atoms with Gasteiger partial charge in [0.25, 0.3) is 0 Å². The SMILES string of the molecule is C=C.C=C.C=C(C)C.CC(C)=CC(C)(C)C. The van der Waals surface area contributed by atoms with Gasteiger partial charge in [-0.1, -0.05) is 38.0 Å². The van der Waals surface area contributed by atoms with Crippen LogP contribution < -0.4 is 0 Å². The van der Waals surface area contributed by atoms with E-state index < -0.39 is 0 Å². The number of allylic oxidation sites excluding steroid dienone is 3. The molecule has 16 heavy (non-hydrogen) atoms. The third-order valence-corrected chi connectivity index (χ3v) is 0.722. The van der Waals surface area contributed by atoms with Gasteiger partial charge in [-0.2, -0.15) is 0 Å². The van der Waals surface area contributed by atoms with Crippen LogP contribution in [0.15, 0.2) is 50.1 Å². The van der Waals surface area contributed by atoms with Crippen LogP contribution in [0.25, 0.3) is 0 Å². The molecule has 96 valence electrons. The highest BCUT2D eigenvalue weighted by Gasteiger charge is 2.03. The molecule has 0 radical (unpaired) electrons. The Kier molecular flexibility index (Phi) is 24.9. The van der Waals surface area contributed by atoms with Crippen molar-refractivity contribution in [2.75, 3.05) is 0 Å². The summed E-state index contributed by atoms with van der Waals surface area (Å²) in [6, 6.07) is 0. The van der Waals surface area contributed by atoms with E-state index in [1.54, 1.807) is 0 Å². The Labute approximate surface area is 104 Å². The van der Waals surface area contributed by atoms with Crippen molar-refractivity contribution in [2.24, 2.45) is 5.41 Å². The van der Waals surface area contributed by atoms with Crippen molar-refractivity contribution in [3.8, 4) is 0 Å². The first kappa shape index (κ1) is 24.3. The molecule has 0 N–H and O–H groups in total. The highest BCUT2D eigenvalue weighted by molar-refractivity contribution is 5.00. The van der Waals surface area contributed by atoms with Crippen molar-refractivity contribution < 1.29 is 0 Å². The number of hydrogen-bond donors (Lipinski definition) is 0. The van der Waals surface area contributed by atoms with Crippen LogP contribution in [0, 0.1) is 5.41 Å². The second-order valence-electron chi connectivity index (χ2n) is 4.79. The van der Waals surface area contributed by atoms with E-state index in [4.69, 9.17) is 0 Å². The molecule has 0 nitrogen and oxygen atoms in total. The summed E-state index contributed by atoms with van der Waals surface area (Å²) in [5.41, 5.74) is 2.93. The third kappa shape index (κ3) is 118. The van der Waals surface area contributed by atoms with Gasteiger partial charge in [-0.15, -0.1) is 32.9 Å². The van der Waals surface area contributed by atoms with Crippen molar-refractivity contribution in [1.29, 1.82) is 0 Å². The topological polar surface area (TPSA) is 0 Å². The molecule has 0 bridgehead atoms. The fraction of sp³-hybridized carbons (Fsp3) is 0.500. The van der Waals surface area contributed by atoms with Crippen molar-refractivity contribution in [2.45, 2.75) is 48.5 Å². The lowest BCUT2D eigenvalue weighted by Gasteiger charge is -2.11. The molecule has 0 aliphatic rings. The van der Waals surface area contributed by atoms with E-state index >= 15 is 0 Å². The molecule has 0 aromatic heterocycles. The van der Waals surface area contributed by atoms with E-state index in [1.165, 1.54) is 11.1 Å². The zero-order valence-electron chi connectivity index (χ0n) is 12.6. The molecule has 0 rings (SSSR count). The Morgan fingerprint density at radius 1 is 0.812 bits per heavy atom. The Balaban J connectivity index is -0.0000000761. The second kappa shape index (κ2) is 16.4. The van der Waals surface area contributed by atoms with Crippen molar-refractivity contribution in [3.63, 3.8) is 0 Å². The average molecular weight is 224 g/mol. The van der Waals surface area contributed by atoms with Gasteiger partial charge in [0.15, 0.2) is 0 Å². The summed E-state index contributed by atoms with van der Waals surface area (Å²) in [4.78, 5) is 0. The van der Waals surface area contributed by atoms with E-state index in [9.17, 15) is 0 Å². The molecular weight excluding hydrogens is 192 g/mol. The lowest BCUT2D eigenvalue weighted by molar-refractivity contribution is 0.540. The van der Waals surface area contributed by atoms with Crippen LogP contribution in [0.5, 0.6) is 0 Å². The predicted molar refractivity (Wildman–Crippen MR) is 81.9 cm³/mol. The van der Waals surface area contributed by atoms with Crippen LogP contribution in [0.1, 0.15) is 48.5 Å². The van der Waals surface area contributed by atoms with Crippen molar-refractivity contribution >= 4 is 0 Å². The zero-order valence-corrected chi connectivity index (χ0v) is 12.6. The summed E-state index contributed by atoms with van der Waals surface area (Å²) >= 11 is 0. The quantitative estimate of drug-likeness (QED) is 0.431. The maximum absolute atomic E-state index is 3.56. The first-order chi connectivity index (χ1) is 7.15. The molecule has 0 heteroatoms. The summed E-state index contributed by atoms with van der Waals surface area (Å²) in [6.45, 7) is 30.4. The lowest BCUT2D eigenvalue weighted by atomic mass is 9.94. The van der Waals surface area contributed by atoms with E-state index in [0.717, 1.165) is 0 Å². The van der Waals surface area contributed by atoms with E-state index in [2.05, 4.69) is 73.6 Å². The van der Waals surface area contributed by atoms with Crippen LogP contribution in [0.4, 0.5) is 0 Å². The fourth-order valence-corrected chi connectivity index (χ4v) is 0.866. The monoisotopic (exact) mass is 224 g/mol. The van der Waals surface area contributed by atoms with Gasteiger partial charge in [0, 0.05) is 0 Å². The Bertz CT molecular complexity index is 167. The van der Waals surface area contributed by atoms with E-state index in [-0.39, 0.29) is 0 Å². The Morgan fingerprint density at radius 2 is 1.00 bits per heavy atom. The van der Waals surface area contributed by atoms with E-state index in [1.807, 2.05) is 13.8 Å². The molecule has 0 aromatic rings. The molecule has 0 saturated carbocycles. The van der Waals surface area contributed by atoms with Gasteiger partial charge in [-0.05, 0) is 33.1 Å². The van der Waals surface area contributed by atoms with Crippen LogP contribution in [0.3, 0.4) is 0 Å². The highest BCUT2D eigenvalue weighted by atomic mass is 14.1. The maximum Gasteiger partial charge on any atom is -0.0201 e.